The third-order valence-electron chi connectivity index (χ3n) is 4.69. The number of nitrogens with one attached hydrogen (secondary N) is 1. The molecule has 0 fully saturated rings. The number of nitrogens with zero attached hydrogens (tertiary/aromatic N) is 1. The van der Waals surface area contributed by atoms with Gasteiger partial charge in [-0.05, 0) is 71.1 Å². The van der Waals surface area contributed by atoms with E-state index in [-0.39, 0.29) is 5.91 Å². The number of pyridine rings is 1. The molecule has 29 heavy (non-hydrogen) atoms. The number of aromatic nitrogens is 1. The van der Waals surface area contributed by atoms with Gasteiger partial charge >= 0.3 is 0 Å². The fraction of sp³-hybridized carbons (Fsp3) is 0.217. The Morgan fingerprint density at radius 2 is 1.76 bits per heavy atom. The van der Waals surface area contributed by atoms with Crippen LogP contribution >= 0.6 is 0 Å². The van der Waals surface area contributed by atoms with Crippen molar-refractivity contribution in [3.05, 3.63) is 77.1 Å². The second kappa shape index (κ2) is 9.21. The van der Waals surface area contributed by atoms with Gasteiger partial charge in [0, 0.05) is 37.1 Å². The van der Waals surface area contributed by atoms with E-state index in [2.05, 4.69) is 10.3 Å². The van der Waals surface area contributed by atoms with Gasteiger partial charge in [0.05, 0.1) is 14.2 Å². The van der Waals surface area contributed by atoms with Crippen LogP contribution in [0.1, 0.15) is 27.0 Å². The Morgan fingerprint density at radius 1 is 1.03 bits per heavy atom. The first-order valence-corrected chi connectivity index (χ1v) is 9.29. The summed E-state index contributed by atoms with van der Waals surface area (Å²) in [5.41, 5.74) is 11.2. The van der Waals surface area contributed by atoms with E-state index in [9.17, 15) is 4.79 Å². The zero-order valence-electron chi connectivity index (χ0n) is 16.9. The number of methoxy groups -OCH3 is 2. The Morgan fingerprint density at radius 3 is 2.38 bits per heavy atom. The minimum atomic E-state index is -0.171. The number of nitrogens with two attached hydrogens (primary N) is 1. The van der Waals surface area contributed by atoms with Crippen molar-refractivity contribution in [1.29, 1.82) is 0 Å². The summed E-state index contributed by atoms with van der Waals surface area (Å²) in [5, 5.41) is 2.96. The number of ether oxygens (including phenoxy) is 2. The zero-order chi connectivity index (χ0) is 20.8. The van der Waals surface area contributed by atoms with E-state index in [0.717, 1.165) is 27.8 Å². The number of aryl methyl sites for hydroxylation is 1. The van der Waals surface area contributed by atoms with E-state index in [1.165, 1.54) is 0 Å². The zero-order valence-corrected chi connectivity index (χ0v) is 16.9. The summed E-state index contributed by atoms with van der Waals surface area (Å²) in [6.07, 6.45) is 3.55. The smallest absolute Gasteiger partial charge is 0.251 e. The third-order valence-corrected chi connectivity index (χ3v) is 4.69. The highest BCUT2D eigenvalue weighted by Gasteiger charge is 2.12. The van der Waals surface area contributed by atoms with Crippen molar-refractivity contribution in [1.82, 2.24) is 10.3 Å². The molecule has 0 bridgehead atoms. The van der Waals surface area contributed by atoms with Crippen molar-refractivity contribution in [2.75, 3.05) is 14.2 Å². The fourth-order valence-corrected chi connectivity index (χ4v) is 3.15. The van der Waals surface area contributed by atoms with Crippen molar-refractivity contribution < 1.29 is 14.3 Å². The first-order chi connectivity index (χ1) is 14.0. The molecule has 6 heteroatoms. The van der Waals surface area contributed by atoms with E-state index in [4.69, 9.17) is 15.2 Å². The van der Waals surface area contributed by atoms with Gasteiger partial charge in [0.1, 0.15) is 11.5 Å². The van der Waals surface area contributed by atoms with Crippen LogP contribution in [0.25, 0.3) is 11.1 Å². The summed E-state index contributed by atoms with van der Waals surface area (Å²) in [5.74, 6) is 1.18. The maximum Gasteiger partial charge on any atom is 0.251 e. The largest absolute Gasteiger partial charge is 0.497 e. The van der Waals surface area contributed by atoms with Crippen LogP contribution in [0.5, 0.6) is 11.5 Å². The van der Waals surface area contributed by atoms with Gasteiger partial charge in [-0.15, -0.1) is 0 Å². The maximum atomic E-state index is 12.8. The van der Waals surface area contributed by atoms with Gasteiger partial charge in [-0.25, -0.2) is 0 Å². The first kappa shape index (κ1) is 20.4. The van der Waals surface area contributed by atoms with Crippen LogP contribution in [0.15, 0.2) is 54.9 Å². The molecule has 2 aromatic carbocycles. The predicted octanol–water partition coefficient (Wildman–Crippen LogP) is 3.46. The Labute approximate surface area is 170 Å². The average molecular weight is 391 g/mol. The Kier molecular flexibility index (Phi) is 6.46. The molecule has 1 amide bonds. The molecule has 0 unspecified atom stereocenters. The molecule has 1 heterocycles. The van der Waals surface area contributed by atoms with E-state index in [0.29, 0.717) is 30.2 Å². The molecule has 3 N–H and O–H groups in total. The van der Waals surface area contributed by atoms with Crippen LogP contribution < -0.4 is 20.5 Å². The molecule has 0 saturated carbocycles. The van der Waals surface area contributed by atoms with Gasteiger partial charge in [0.2, 0.25) is 0 Å². The van der Waals surface area contributed by atoms with Crippen LogP contribution in [0.2, 0.25) is 0 Å². The van der Waals surface area contributed by atoms with Crippen molar-refractivity contribution in [2.24, 2.45) is 5.73 Å². The Hall–Kier alpha value is -3.38. The Bertz CT molecular complexity index is 996. The molecular weight excluding hydrogens is 366 g/mol. The van der Waals surface area contributed by atoms with Gasteiger partial charge in [-0.2, -0.15) is 0 Å². The number of amides is 1. The number of hydrogen-bond acceptors (Lipinski definition) is 5. The third kappa shape index (κ3) is 4.92. The number of carbonyl (C=O) groups excluding carboxylic acids is 1. The number of hydrogen-bond donors (Lipinski definition) is 2. The monoisotopic (exact) mass is 391 g/mol. The van der Waals surface area contributed by atoms with Crippen LogP contribution in [0.4, 0.5) is 0 Å². The van der Waals surface area contributed by atoms with E-state index >= 15 is 0 Å². The van der Waals surface area contributed by atoms with E-state index in [1.807, 2.05) is 43.3 Å². The quantitative estimate of drug-likeness (QED) is 0.644. The van der Waals surface area contributed by atoms with E-state index in [1.54, 1.807) is 32.7 Å². The summed E-state index contributed by atoms with van der Waals surface area (Å²) < 4.78 is 10.6. The summed E-state index contributed by atoms with van der Waals surface area (Å²) in [6.45, 7) is 2.70. The highest BCUT2D eigenvalue weighted by Crippen LogP contribution is 2.26. The minimum Gasteiger partial charge on any atom is -0.497 e. The molecule has 0 radical (unpaired) electrons. The summed E-state index contributed by atoms with van der Waals surface area (Å²) >= 11 is 0. The predicted molar refractivity (Wildman–Crippen MR) is 113 cm³/mol. The molecule has 0 spiro atoms. The highest BCUT2D eigenvalue weighted by molar-refractivity contribution is 5.95. The lowest BCUT2D eigenvalue weighted by atomic mass is 9.97. The normalized spacial score (nSPS) is 10.5. The van der Waals surface area contributed by atoms with Gasteiger partial charge in [0.15, 0.2) is 0 Å². The van der Waals surface area contributed by atoms with Crippen molar-refractivity contribution >= 4 is 5.91 Å². The lowest BCUT2D eigenvalue weighted by Crippen LogP contribution is -2.23. The van der Waals surface area contributed by atoms with Gasteiger partial charge in [-0.3, -0.25) is 9.78 Å². The minimum absolute atomic E-state index is 0.171. The molecule has 0 aliphatic rings. The molecule has 0 saturated heterocycles. The molecule has 3 rings (SSSR count). The molecule has 1 aromatic heterocycles. The van der Waals surface area contributed by atoms with Crippen molar-refractivity contribution in [3.63, 3.8) is 0 Å². The molecule has 0 aliphatic carbocycles. The number of rotatable bonds is 7. The van der Waals surface area contributed by atoms with Crippen LogP contribution in [0.3, 0.4) is 0 Å². The van der Waals surface area contributed by atoms with Crippen molar-refractivity contribution in [2.45, 2.75) is 20.0 Å². The molecule has 0 atom stereocenters. The standard InChI is InChI=1S/C23H25N3O3/c1-15-13-25-5-4-22(15)18-6-16(12-24)7-19(10-18)23(27)26-14-17-8-20(28-2)11-21(9-17)29-3/h4-11,13H,12,14,24H2,1-3H3,(H,26,27). The fourth-order valence-electron chi connectivity index (χ4n) is 3.15. The van der Waals surface area contributed by atoms with Crippen LogP contribution in [-0.4, -0.2) is 25.1 Å². The van der Waals surface area contributed by atoms with Crippen molar-refractivity contribution in [3.8, 4) is 22.6 Å². The molecular formula is C23H25N3O3. The van der Waals surface area contributed by atoms with E-state index < -0.39 is 0 Å². The highest BCUT2D eigenvalue weighted by atomic mass is 16.5. The first-order valence-electron chi connectivity index (χ1n) is 9.29. The average Bonchev–Trinajstić information content (AvgIpc) is 2.77. The van der Waals surface area contributed by atoms with Crippen LogP contribution in [-0.2, 0) is 13.1 Å². The summed E-state index contributed by atoms with van der Waals surface area (Å²) in [4.78, 5) is 17.0. The van der Waals surface area contributed by atoms with Crippen LogP contribution in [0, 0.1) is 6.92 Å². The Balaban J connectivity index is 1.84. The molecule has 150 valence electrons. The second-order valence-corrected chi connectivity index (χ2v) is 6.72. The molecule has 0 aliphatic heterocycles. The number of carbonyl (C=O) groups is 1. The topological polar surface area (TPSA) is 86.5 Å². The summed E-state index contributed by atoms with van der Waals surface area (Å²) in [6, 6.07) is 13.2. The lowest BCUT2D eigenvalue weighted by molar-refractivity contribution is 0.0950. The molecule has 6 nitrogen and oxygen atoms in total. The second-order valence-electron chi connectivity index (χ2n) is 6.72. The van der Waals surface area contributed by atoms with Gasteiger partial charge < -0.3 is 20.5 Å². The maximum absolute atomic E-state index is 12.8. The molecule has 3 aromatic rings. The van der Waals surface area contributed by atoms with Gasteiger partial charge in [-0.1, -0.05) is 0 Å². The summed E-state index contributed by atoms with van der Waals surface area (Å²) in [7, 11) is 3.19. The van der Waals surface area contributed by atoms with Gasteiger partial charge in [0.25, 0.3) is 5.91 Å². The SMILES string of the molecule is COc1cc(CNC(=O)c2cc(CN)cc(-c3ccncc3C)c2)cc(OC)c1. The number of benzene rings is 2. The lowest BCUT2D eigenvalue weighted by Gasteiger charge is -2.12.